The molecule has 138 valence electrons. The Bertz CT molecular complexity index is 582. The molecule has 5 heteroatoms. The van der Waals surface area contributed by atoms with Gasteiger partial charge in [0, 0.05) is 31.3 Å². The Morgan fingerprint density at radius 2 is 2.20 bits per heavy atom. The summed E-state index contributed by atoms with van der Waals surface area (Å²) in [5.74, 6) is 1.17. The highest BCUT2D eigenvalue weighted by molar-refractivity contribution is 5.76. The van der Waals surface area contributed by atoms with Crippen molar-refractivity contribution >= 4 is 11.6 Å². The summed E-state index contributed by atoms with van der Waals surface area (Å²) in [7, 11) is 1.68. The van der Waals surface area contributed by atoms with Gasteiger partial charge in [-0.05, 0) is 37.8 Å². The summed E-state index contributed by atoms with van der Waals surface area (Å²) >= 11 is 0. The van der Waals surface area contributed by atoms with Crippen LogP contribution in [0, 0.1) is 0 Å². The molecule has 1 aromatic carbocycles. The molecule has 0 radical (unpaired) electrons. The van der Waals surface area contributed by atoms with Crippen LogP contribution in [0.25, 0.3) is 0 Å². The Morgan fingerprint density at radius 3 is 2.92 bits per heavy atom. The third-order valence-electron chi connectivity index (χ3n) is 5.42. The largest absolute Gasteiger partial charge is 0.497 e. The van der Waals surface area contributed by atoms with E-state index in [2.05, 4.69) is 18.3 Å². The highest BCUT2D eigenvalue weighted by Gasteiger charge is 2.43. The SMILES string of the molecule is CCCCC(=O)N1CCC2(CC1)C[C@H](Nc1cccc(OC)c1)CO2. The van der Waals surface area contributed by atoms with Gasteiger partial charge in [-0.1, -0.05) is 19.4 Å². The molecule has 0 saturated carbocycles. The molecule has 1 atom stereocenters. The summed E-state index contributed by atoms with van der Waals surface area (Å²) in [5, 5.41) is 3.56. The maximum absolute atomic E-state index is 12.2. The average molecular weight is 346 g/mol. The van der Waals surface area contributed by atoms with E-state index < -0.39 is 0 Å². The van der Waals surface area contributed by atoms with Crippen LogP contribution in [-0.2, 0) is 9.53 Å². The second-order valence-corrected chi connectivity index (χ2v) is 7.26. The summed E-state index contributed by atoms with van der Waals surface area (Å²) in [6, 6.07) is 8.33. The molecule has 2 aliphatic rings. The van der Waals surface area contributed by atoms with E-state index >= 15 is 0 Å². The molecule has 2 aliphatic heterocycles. The number of anilines is 1. The Hall–Kier alpha value is -1.75. The first-order chi connectivity index (χ1) is 12.1. The first kappa shape index (κ1) is 18.1. The molecule has 0 bridgehead atoms. The Balaban J connectivity index is 1.50. The lowest BCUT2D eigenvalue weighted by atomic mass is 9.87. The van der Waals surface area contributed by atoms with E-state index in [1.54, 1.807) is 7.11 Å². The van der Waals surface area contributed by atoms with Gasteiger partial charge in [-0.2, -0.15) is 0 Å². The summed E-state index contributed by atoms with van der Waals surface area (Å²) in [5.41, 5.74) is 1.01. The van der Waals surface area contributed by atoms with Crippen molar-refractivity contribution in [3.05, 3.63) is 24.3 Å². The number of likely N-dealkylation sites (tertiary alicyclic amines) is 1. The molecule has 1 aromatic rings. The van der Waals surface area contributed by atoms with E-state index in [4.69, 9.17) is 9.47 Å². The molecular weight excluding hydrogens is 316 g/mol. The van der Waals surface area contributed by atoms with Crippen molar-refractivity contribution in [2.75, 3.05) is 32.1 Å². The molecule has 0 aliphatic carbocycles. The lowest BCUT2D eigenvalue weighted by molar-refractivity contribution is -0.136. The number of rotatable bonds is 6. The maximum atomic E-state index is 12.2. The van der Waals surface area contributed by atoms with Crippen molar-refractivity contribution in [3.63, 3.8) is 0 Å². The number of hydrogen-bond acceptors (Lipinski definition) is 4. The molecular formula is C20H30N2O3. The second kappa shape index (κ2) is 8.09. The number of carbonyl (C=O) groups excluding carboxylic acids is 1. The van der Waals surface area contributed by atoms with Crippen molar-refractivity contribution in [3.8, 4) is 5.75 Å². The first-order valence-corrected chi connectivity index (χ1v) is 9.46. The Labute approximate surface area is 150 Å². The van der Waals surface area contributed by atoms with E-state index in [9.17, 15) is 4.79 Å². The van der Waals surface area contributed by atoms with Crippen LogP contribution < -0.4 is 10.1 Å². The van der Waals surface area contributed by atoms with E-state index in [1.165, 1.54) is 0 Å². The van der Waals surface area contributed by atoms with Gasteiger partial charge >= 0.3 is 0 Å². The first-order valence-electron chi connectivity index (χ1n) is 9.46. The van der Waals surface area contributed by atoms with Gasteiger partial charge in [-0.25, -0.2) is 0 Å². The molecule has 5 nitrogen and oxygen atoms in total. The van der Waals surface area contributed by atoms with Crippen LogP contribution in [0.1, 0.15) is 45.4 Å². The number of piperidine rings is 1. The van der Waals surface area contributed by atoms with Gasteiger partial charge in [-0.15, -0.1) is 0 Å². The number of hydrogen-bond donors (Lipinski definition) is 1. The normalized spacial score (nSPS) is 22.2. The third kappa shape index (κ3) is 4.46. The van der Waals surface area contributed by atoms with Crippen molar-refractivity contribution in [1.29, 1.82) is 0 Å². The molecule has 2 saturated heterocycles. The molecule has 1 spiro atoms. The molecule has 1 amide bonds. The van der Waals surface area contributed by atoms with Crippen molar-refractivity contribution in [2.45, 2.75) is 57.1 Å². The zero-order valence-corrected chi connectivity index (χ0v) is 15.4. The summed E-state index contributed by atoms with van der Waals surface area (Å²) in [6.45, 7) is 4.50. The number of amides is 1. The molecule has 1 N–H and O–H groups in total. The lowest BCUT2D eigenvalue weighted by Gasteiger charge is -2.38. The summed E-state index contributed by atoms with van der Waals surface area (Å²) in [4.78, 5) is 14.2. The molecule has 0 aromatic heterocycles. The number of nitrogens with zero attached hydrogens (tertiary/aromatic N) is 1. The van der Waals surface area contributed by atoms with E-state index in [0.29, 0.717) is 18.4 Å². The minimum absolute atomic E-state index is 0.0575. The van der Waals surface area contributed by atoms with E-state index in [0.717, 1.165) is 63.2 Å². The van der Waals surface area contributed by atoms with Crippen LogP contribution in [0.15, 0.2) is 24.3 Å². The monoisotopic (exact) mass is 346 g/mol. The van der Waals surface area contributed by atoms with Crippen molar-refractivity contribution in [1.82, 2.24) is 4.90 Å². The van der Waals surface area contributed by atoms with Crippen LogP contribution in [0.2, 0.25) is 0 Å². The van der Waals surface area contributed by atoms with Gasteiger partial charge < -0.3 is 19.7 Å². The van der Waals surface area contributed by atoms with Crippen LogP contribution in [0.5, 0.6) is 5.75 Å². The van der Waals surface area contributed by atoms with Gasteiger partial charge in [0.1, 0.15) is 5.75 Å². The number of unbranched alkanes of at least 4 members (excludes halogenated alkanes) is 1. The number of ether oxygens (including phenoxy) is 2. The van der Waals surface area contributed by atoms with Gasteiger partial charge in [0.15, 0.2) is 0 Å². The zero-order chi connectivity index (χ0) is 17.7. The standard InChI is InChI=1S/C20H30N2O3/c1-3-4-8-19(23)22-11-9-20(10-12-22)14-17(15-25-20)21-16-6-5-7-18(13-16)24-2/h5-7,13,17,21H,3-4,8-12,14-15H2,1-2H3/t17-/m0/s1. The van der Waals surface area contributed by atoms with Gasteiger partial charge in [0.2, 0.25) is 5.91 Å². The molecule has 2 fully saturated rings. The number of carbonyl (C=O) groups is 1. The average Bonchev–Trinajstić information content (AvgIpc) is 3.02. The van der Waals surface area contributed by atoms with Crippen LogP contribution in [0.4, 0.5) is 5.69 Å². The summed E-state index contributed by atoms with van der Waals surface area (Å²) < 4.78 is 11.5. The smallest absolute Gasteiger partial charge is 0.222 e. The molecule has 3 rings (SSSR count). The Morgan fingerprint density at radius 1 is 1.40 bits per heavy atom. The highest BCUT2D eigenvalue weighted by atomic mass is 16.5. The predicted octanol–water partition coefficient (Wildman–Crippen LogP) is 3.45. The highest BCUT2D eigenvalue weighted by Crippen LogP contribution is 2.37. The van der Waals surface area contributed by atoms with Gasteiger partial charge in [0.05, 0.1) is 25.4 Å². The Kier molecular flexibility index (Phi) is 5.84. The quantitative estimate of drug-likeness (QED) is 0.857. The minimum Gasteiger partial charge on any atom is -0.497 e. The molecule has 25 heavy (non-hydrogen) atoms. The fraction of sp³-hybridized carbons (Fsp3) is 0.650. The zero-order valence-electron chi connectivity index (χ0n) is 15.4. The topological polar surface area (TPSA) is 50.8 Å². The van der Waals surface area contributed by atoms with Gasteiger partial charge in [0.25, 0.3) is 0 Å². The fourth-order valence-electron chi connectivity index (χ4n) is 3.88. The van der Waals surface area contributed by atoms with Gasteiger partial charge in [-0.3, -0.25) is 4.79 Å². The maximum Gasteiger partial charge on any atom is 0.222 e. The number of methoxy groups -OCH3 is 1. The predicted molar refractivity (Wildman–Crippen MR) is 99.0 cm³/mol. The molecule has 0 unspecified atom stereocenters. The fourth-order valence-corrected chi connectivity index (χ4v) is 3.88. The minimum atomic E-state index is -0.0575. The van der Waals surface area contributed by atoms with Crippen molar-refractivity contribution < 1.29 is 14.3 Å². The van der Waals surface area contributed by atoms with E-state index in [-0.39, 0.29) is 5.60 Å². The number of benzene rings is 1. The molecule has 2 heterocycles. The van der Waals surface area contributed by atoms with Crippen LogP contribution in [0.3, 0.4) is 0 Å². The third-order valence-corrected chi connectivity index (χ3v) is 5.42. The van der Waals surface area contributed by atoms with Crippen LogP contribution in [-0.4, -0.2) is 49.3 Å². The lowest BCUT2D eigenvalue weighted by Crippen LogP contribution is -2.46. The summed E-state index contributed by atoms with van der Waals surface area (Å²) in [6.07, 6.45) is 5.64. The number of nitrogens with one attached hydrogen (secondary N) is 1. The second-order valence-electron chi connectivity index (χ2n) is 7.26. The van der Waals surface area contributed by atoms with E-state index in [1.807, 2.05) is 23.1 Å². The van der Waals surface area contributed by atoms with Crippen LogP contribution >= 0.6 is 0 Å². The van der Waals surface area contributed by atoms with Crippen molar-refractivity contribution in [2.24, 2.45) is 0 Å².